The molecule has 0 unspecified atom stereocenters. The average molecular weight is 265 g/mol. The van der Waals surface area contributed by atoms with Gasteiger partial charge in [0.2, 0.25) is 0 Å². The van der Waals surface area contributed by atoms with Gasteiger partial charge in [0.05, 0.1) is 5.02 Å². The molecule has 0 spiro atoms. The second-order valence-electron chi connectivity index (χ2n) is 4.17. The standard InChI is InChI=1S/C14H14ClFN2/c1-9-2-4-11(7-14(9)17)18-8-10-3-5-13(16)12(15)6-10/h2-7,18H,8,17H2,1H3. The molecular weight excluding hydrogens is 251 g/mol. The van der Waals surface area contributed by atoms with Crippen LogP contribution in [0.1, 0.15) is 11.1 Å². The number of nitrogens with two attached hydrogens (primary N) is 1. The van der Waals surface area contributed by atoms with Crippen LogP contribution in [0.5, 0.6) is 0 Å². The second kappa shape index (κ2) is 5.27. The van der Waals surface area contributed by atoms with E-state index < -0.39 is 5.82 Å². The highest BCUT2D eigenvalue weighted by Gasteiger charge is 2.01. The van der Waals surface area contributed by atoms with Crippen LogP contribution in [0.25, 0.3) is 0 Å². The van der Waals surface area contributed by atoms with Crippen LogP contribution in [0, 0.1) is 12.7 Å². The molecule has 4 heteroatoms. The van der Waals surface area contributed by atoms with Gasteiger partial charge in [-0.2, -0.15) is 0 Å². The number of anilines is 2. The lowest BCUT2D eigenvalue weighted by atomic mass is 10.1. The molecule has 94 valence electrons. The molecule has 2 aromatic rings. The van der Waals surface area contributed by atoms with Crippen molar-refractivity contribution < 1.29 is 4.39 Å². The van der Waals surface area contributed by atoms with Crippen molar-refractivity contribution in [3.63, 3.8) is 0 Å². The van der Waals surface area contributed by atoms with Crippen molar-refractivity contribution in [2.75, 3.05) is 11.1 Å². The first-order valence-electron chi connectivity index (χ1n) is 5.60. The Bertz CT molecular complexity index is 518. The first-order valence-corrected chi connectivity index (χ1v) is 5.98. The molecule has 2 aromatic carbocycles. The highest BCUT2D eigenvalue weighted by atomic mass is 35.5. The fourth-order valence-corrected chi connectivity index (χ4v) is 1.81. The van der Waals surface area contributed by atoms with Gasteiger partial charge < -0.3 is 11.1 Å². The maximum Gasteiger partial charge on any atom is 0.141 e. The van der Waals surface area contributed by atoms with Crippen LogP contribution in [0.4, 0.5) is 15.8 Å². The van der Waals surface area contributed by atoms with E-state index in [1.165, 1.54) is 6.07 Å². The van der Waals surface area contributed by atoms with Crippen LogP contribution in [0.15, 0.2) is 36.4 Å². The lowest BCUT2D eigenvalue weighted by molar-refractivity contribution is 0.627. The highest BCUT2D eigenvalue weighted by molar-refractivity contribution is 6.30. The summed E-state index contributed by atoms with van der Waals surface area (Å²) in [6.45, 7) is 2.53. The lowest BCUT2D eigenvalue weighted by Gasteiger charge is -2.09. The summed E-state index contributed by atoms with van der Waals surface area (Å²) in [7, 11) is 0. The average Bonchev–Trinajstić information content (AvgIpc) is 2.35. The molecule has 0 aliphatic heterocycles. The maximum absolute atomic E-state index is 13.0. The van der Waals surface area contributed by atoms with Gasteiger partial charge in [-0.25, -0.2) is 4.39 Å². The van der Waals surface area contributed by atoms with Crippen molar-refractivity contribution in [1.82, 2.24) is 0 Å². The molecule has 2 nitrogen and oxygen atoms in total. The van der Waals surface area contributed by atoms with E-state index in [0.717, 1.165) is 22.5 Å². The second-order valence-corrected chi connectivity index (χ2v) is 4.58. The van der Waals surface area contributed by atoms with Gasteiger partial charge in [-0.1, -0.05) is 23.7 Å². The maximum atomic E-state index is 13.0. The van der Waals surface area contributed by atoms with Gasteiger partial charge >= 0.3 is 0 Å². The number of halogens is 2. The molecule has 0 saturated carbocycles. The van der Waals surface area contributed by atoms with Crippen molar-refractivity contribution in [2.24, 2.45) is 0 Å². The predicted molar refractivity (Wildman–Crippen MR) is 74.3 cm³/mol. The molecule has 2 rings (SSSR count). The van der Waals surface area contributed by atoms with Crippen LogP contribution in [-0.2, 0) is 6.54 Å². The van der Waals surface area contributed by atoms with E-state index in [0.29, 0.717) is 6.54 Å². The third-order valence-electron chi connectivity index (χ3n) is 2.76. The predicted octanol–water partition coefficient (Wildman–Crippen LogP) is 3.98. The molecule has 0 amide bonds. The van der Waals surface area contributed by atoms with Crippen molar-refractivity contribution in [3.8, 4) is 0 Å². The number of hydrogen-bond donors (Lipinski definition) is 2. The number of benzene rings is 2. The first-order chi connectivity index (χ1) is 8.56. The van der Waals surface area contributed by atoms with Gasteiger partial charge in [0.1, 0.15) is 5.82 Å². The number of hydrogen-bond acceptors (Lipinski definition) is 2. The summed E-state index contributed by atoms with van der Waals surface area (Å²) in [5, 5.41) is 3.35. The van der Waals surface area contributed by atoms with Gasteiger partial charge in [-0.15, -0.1) is 0 Å². The Morgan fingerprint density at radius 1 is 1.22 bits per heavy atom. The largest absolute Gasteiger partial charge is 0.398 e. The minimum absolute atomic E-state index is 0.137. The minimum atomic E-state index is -0.403. The molecule has 0 radical (unpaired) electrons. The van der Waals surface area contributed by atoms with Crippen molar-refractivity contribution in [1.29, 1.82) is 0 Å². The SMILES string of the molecule is Cc1ccc(NCc2ccc(F)c(Cl)c2)cc1N. The minimum Gasteiger partial charge on any atom is -0.398 e. The summed E-state index contributed by atoms with van der Waals surface area (Å²) in [4.78, 5) is 0. The molecule has 0 aliphatic carbocycles. The highest BCUT2D eigenvalue weighted by Crippen LogP contribution is 2.19. The molecule has 0 aromatic heterocycles. The number of aryl methyl sites for hydroxylation is 1. The smallest absolute Gasteiger partial charge is 0.141 e. The Kier molecular flexibility index (Phi) is 3.72. The van der Waals surface area contributed by atoms with Crippen LogP contribution < -0.4 is 11.1 Å². The van der Waals surface area contributed by atoms with Gasteiger partial charge in [0, 0.05) is 17.9 Å². The van der Waals surface area contributed by atoms with Gasteiger partial charge in [0.15, 0.2) is 0 Å². The molecule has 3 N–H and O–H groups in total. The van der Waals surface area contributed by atoms with E-state index in [2.05, 4.69) is 5.32 Å². The number of nitrogen functional groups attached to an aromatic ring is 1. The molecule has 0 heterocycles. The Morgan fingerprint density at radius 3 is 2.67 bits per heavy atom. The molecular formula is C14H14ClFN2. The van der Waals surface area contributed by atoms with Gasteiger partial charge in [0.25, 0.3) is 0 Å². The van der Waals surface area contributed by atoms with Crippen LogP contribution in [-0.4, -0.2) is 0 Å². The number of rotatable bonds is 3. The van der Waals surface area contributed by atoms with Gasteiger partial charge in [-0.05, 0) is 42.3 Å². The summed E-state index contributed by atoms with van der Waals surface area (Å²) in [6, 6.07) is 10.5. The third kappa shape index (κ3) is 2.93. The topological polar surface area (TPSA) is 38.0 Å². The van der Waals surface area contributed by atoms with E-state index in [4.69, 9.17) is 17.3 Å². The zero-order valence-corrected chi connectivity index (χ0v) is 10.8. The Labute approximate surface area is 111 Å². The lowest BCUT2D eigenvalue weighted by Crippen LogP contribution is -2.01. The summed E-state index contributed by atoms with van der Waals surface area (Å²) in [5.74, 6) is -0.403. The molecule has 18 heavy (non-hydrogen) atoms. The van der Waals surface area contributed by atoms with E-state index in [9.17, 15) is 4.39 Å². The number of nitrogens with one attached hydrogen (secondary N) is 1. The summed E-state index contributed by atoms with van der Waals surface area (Å²) in [5.41, 5.74) is 9.46. The normalized spacial score (nSPS) is 10.4. The van der Waals surface area contributed by atoms with Crippen LogP contribution in [0.3, 0.4) is 0 Å². The zero-order valence-electron chi connectivity index (χ0n) is 10.0. The Balaban J connectivity index is 2.06. The monoisotopic (exact) mass is 264 g/mol. The van der Waals surface area contributed by atoms with E-state index in [1.54, 1.807) is 12.1 Å². The van der Waals surface area contributed by atoms with Crippen molar-refractivity contribution in [2.45, 2.75) is 13.5 Å². The van der Waals surface area contributed by atoms with Gasteiger partial charge in [-0.3, -0.25) is 0 Å². The van der Waals surface area contributed by atoms with Crippen LogP contribution in [0.2, 0.25) is 5.02 Å². The van der Waals surface area contributed by atoms with Crippen molar-refractivity contribution in [3.05, 3.63) is 58.4 Å². The molecule has 0 bridgehead atoms. The van der Waals surface area contributed by atoms with E-state index in [-0.39, 0.29) is 5.02 Å². The molecule has 0 aliphatic rings. The summed E-state index contributed by atoms with van der Waals surface area (Å²) in [6.07, 6.45) is 0. The van der Waals surface area contributed by atoms with E-state index >= 15 is 0 Å². The zero-order chi connectivity index (χ0) is 13.1. The van der Waals surface area contributed by atoms with Crippen LogP contribution >= 0.6 is 11.6 Å². The Hall–Kier alpha value is -1.74. The Morgan fingerprint density at radius 2 is 2.00 bits per heavy atom. The summed E-state index contributed by atoms with van der Waals surface area (Å²) < 4.78 is 13.0. The molecule has 0 fully saturated rings. The summed E-state index contributed by atoms with van der Waals surface area (Å²) >= 11 is 5.72. The first kappa shape index (κ1) is 12.7. The fourth-order valence-electron chi connectivity index (χ4n) is 1.60. The molecule has 0 atom stereocenters. The fraction of sp³-hybridized carbons (Fsp3) is 0.143. The third-order valence-corrected chi connectivity index (χ3v) is 3.05. The molecule has 0 saturated heterocycles. The quantitative estimate of drug-likeness (QED) is 0.823. The van der Waals surface area contributed by atoms with Crippen molar-refractivity contribution >= 4 is 23.0 Å². The van der Waals surface area contributed by atoms with E-state index in [1.807, 2.05) is 25.1 Å².